The molecule has 0 spiro atoms. The van der Waals surface area contributed by atoms with Gasteiger partial charge in [0.25, 0.3) is 0 Å². The third-order valence-corrected chi connectivity index (χ3v) is 4.51. The normalized spacial score (nSPS) is 25.2. The monoisotopic (exact) mass is 336 g/mol. The van der Waals surface area contributed by atoms with Crippen molar-refractivity contribution < 1.29 is 9.47 Å². The van der Waals surface area contributed by atoms with E-state index < -0.39 is 0 Å². The number of hydrogen-bond acceptors (Lipinski definition) is 5. The molecule has 2 fully saturated rings. The van der Waals surface area contributed by atoms with Crippen molar-refractivity contribution in [3.05, 3.63) is 12.2 Å². The molecule has 0 radical (unpaired) electrons. The van der Waals surface area contributed by atoms with Gasteiger partial charge in [0, 0.05) is 32.8 Å². The average molecular weight is 336 g/mol. The van der Waals surface area contributed by atoms with Gasteiger partial charge in [0.05, 0.1) is 12.7 Å². The summed E-state index contributed by atoms with van der Waals surface area (Å²) in [7, 11) is 0. The molecule has 2 aliphatic rings. The van der Waals surface area contributed by atoms with Gasteiger partial charge in [0.15, 0.2) is 11.8 Å². The molecule has 3 rings (SSSR count). The van der Waals surface area contributed by atoms with E-state index in [2.05, 4.69) is 34.3 Å². The second-order valence-corrected chi connectivity index (χ2v) is 6.11. The number of aryl methyl sites for hydroxylation is 1. The Labute approximate surface area is 143 Å². The summed E-state index contributed by atoms with van der Waals surface area (Å²) < 4.78 is 13.7. The number of nitrogens with one attached hydrogen (secondary N) is 1. The van der Waals surface area contributed by atoms with Gasteiger partial charge in [-0.15, -0.1) is 10.2 Å². The summed E-state index contributed by atoms with van der Waals surface area (Å²) >= 11 is 0. The van der Waals surface area contributed by atoms with Gasteiger partial charge < -0.3 is 24.3 Å². The number of guanidine groups is 1. The second kappa shape index (κ2) is 8.43. The topological polar surface area (TPSA) is 76.8 Å². The minimum absolute atomic E-state index is 0.129. The highest BCUT2D eigenvalue weighted by molar-refractivity contribution is 5.80. The van der Waals surface area contributed by atoms with Crippen molar-refractivity contribution >= 4 is 5.96 Å². The molecule has 0 bridgehead atoms. The summed E-state index contributed by atoms with van der Waals surface area (Å²) in [5, 5.41) is 11.5. The zero-order valence-corrected chi connectivity index (χ0v) is 14.6. The van der Waals surface area contributed by atoms with Crippen LogP contribution in [-0.2, 0) is 22.6 Å². The first-order chi connectivity index (χ1) is 11.8. The lowest BCUT2D eigenvalue weighted by atomic mass is 10.1. The van der Waals surface area contributed by atoms with Gasteiger partial charge in [-0.05, 0) is 26.7 Å². The summed E-state index contributed by atoms with van der Waals surface area (Å²) in [5.41, 5.74) is 0. The van der Waals surface area contributed by atoms with Crippen LogP contribution in [0.25, 0.3) is 0 Å². The van der Waals surface area contributed by atoms with E-state index in [0.29, 0.717) is 13.2 Å². The lowest BCUT2D eigenvalue weighted by molar-refractivity contribution is -0.0817. The Bertz CT molecular complexity index is 540. The standard InChI is InChI=1S/C16H28N6O2/c1-3-17-16(18-10-15-20-19-12-21(15)4-2)22-7-9-24-14(11-22)13-6-5-8-23-13/h12-14H,3-11H2,1-2H3,(H,17,18). The van der Waals surface area contributed by atoms with Crippen LogP contribution < -0.4 is 5.32 Å². The molecule has 1 aromatic heterocycles. The first-order valence-electron chi connectivity index (χ1n) is 8.95. The molecule has 2 aliphatic heterocycles. The van der Waals surface area contributed by atoms with Crippen LogP contribution in [0.4, 0.5) is 0 Å². The Morgan fingerprint density at radius 3 is 2.96 bits per heavy atom. The molecular formula is C16H28N6O2. The van der Waals surface area contributed by atoms with E-state index in [1.54, 1.807) is 6.33 Å². The molecule has 1 aromatic rings. The highest BCUT2D eigenvalue weighted by atomic mass is 16.5. The summed E-state index contributed by atoms with van der Waals surface area (Å²) in [6.07, 6.45) is 4.32. The first kappa shape index (κ1) is 17.2. The van der Waals surface area contributed by atoms with E-state index in [1.165, 1.54) is 0 Å². The van der Waals surface area contributed by atoms with E-state index in [1.807, 2.05) is 4.57 Å². The van der Waals surface area contributed by atoms with Crippen molar-refractivity contribution in [2.75, 3.05) is 32.8 Å². The second-order valence-electron chi connectivity index (χ2n) is 6.11. The van der Waals surface area contributed by atoms with Crippen LogP contribution in [0.15, 0.2) is 11.3 Å². The van der Waals surface area contributed by atoms with Crippen LogP contribution in [0.3, 0.4) is 0 Å². The number of aromatic nitrogens is 3. The molecule has 8 nitrogen and oxygen atoms in total. The SMILES string of the molecule is CCNC(=NCc1nncn1CC)N1CCOC(C2CCCO2)C1. The summed E-state index contributed by atoms with van der Waals surface area (Å²) in [5.74, 6) is 1.80. The lowest BCUT2D eigenvalue weighted by Gasteiger charge is -2.37. The molecule has 0 amide bonds. The predicted molar refractivity (Wildman–Crippen MR) is 90.8 cm³/mol. The van der Waals surface area contributed by atoms with E-state index in [0.717, 1.165) is 57.4 Å². The number of ether oxygens (including phenoxy) is 2. The van der Waals surface area contributed by atoms with Gasteiger partial charge in [-0.3, -0.25) is 0 Å². The summed E-state index contributed by atoms with van der Waals surface area (Å²) in [4.78, 5) is 7.03. The predicted octanol–water partition coefficient (Wildman–Crippen LogP) is 0.643. The zero-order chi connectivity index (χ0) is 16.8. The van der Waals surface area contributed by atoms with Crippen molar-refractivity contribution in [2.45, 2.75) is 52.0 Å². The molecule has 0 aliphatic carbocycles. The molecule has 0 aromatic carbocycles. The van der Waals surface area contributed by atoms with Crippen LogP contribution in [-0.4, -0.2) is 70.7 Å². The van der Waals surface area contributed by atoms with Crippen LogP contribution in [0.2, 0.25) is 0 Å². The third-order valence-electron chi connectivity index (χ3n) is 4.51. The fourth-order valence-corrected chi connectivity index (χ4v) is 3.23. The van der Waals surface area contributed by atoms with Gasteiger partial charge in [-0.2, -0.15) is 0 Å². The van der Waals surface area contributed by atoms with Crippen molar-refractivity contribution in [1.29, 1.82) is 0 Å². The molecule has 0 saturated carbocycles. The number of morpholine rings is 1. The maximum absolute atomic E-state index is 5.93. The fraction of sp³-hybridized carbons (Fsp3) is 0.812. The average Bonchev–Trinajstić information content (AvgIpc) is 3.30. The van der Waals surface area contributed by atoms with Gasteiger partial charge in [0.1, 0.15) is 19.0 Å². The summed E-state index contributed by atoms with van der Waals surface area (Å²) in [6, 6.07) is 0. The molecule has 2 unspecified atom stereocenters. The van der Waals surface area contributed by atoms with Crippen LogP contribution >= 0.6 is 0 Å². The van der Waals surface area contributed by atoms with E-state index in [4.69, 9.17) is 14.5 Å². The lowest BCUT2D eigenvalue weighted by Crippen LogP contribution is -2.53. The molecule has 134 valence electrons. The highest BCUT2D eigenvalue weighted by Crippen LogP contribution is 2.21. The number of aliphatic imine (C=N–C) groups is 1. The van der Waals surface area contributed by atoms with Crippen molar-refractivity contribution in [3.8, 4) is 0 Å². The quantitative estimate of drug-likeness (QED) is 0.628. The van der Waals surface area contributed by atoms with Crippen molar-refractivity contribution in [3.63, 3.8) is 0 Å². The Morgan fingerprint density at radius 1 is 1.33 bits per heavy atom. The number of rotatable bonds is 5. The molecule has 24 heavy (non-hydrogen) atoms. The minimum Gasteiger partial charge on any atom is -0.375 e. The molecule has 3 heterocycles. The van der Waals surface area contributed by atoms with Crippen molar-refractivity contribution in [1.82, 2.24) is 25.0 Å². The van der Waals surface area contributed by atoms with E-state index in [-0.39, 0.29) is 12.2 Å². The maximum atomic E-state index is 5.93. The van der Waals surface area contributed by atoms with Crippen LogP contribution in [0.5, 0.6) is 0 Å². The Morgan fingerprint density at radius 2 is 2.21 bits per heavy atom. The van der Waals surface area contributed by atoms with Crippen LogP contribution in [0, 0.1) is 0 Å². The van der Waals surface area contributed by atoms with Gasteiger partial charge in [-0.1, -0.05) is 0 Å². The van der Waals surface area contributed by atoms with Gasteiger partial charge in [0.2, 0.25) is 0 Å². The minimum atomic E-state index is 0.129. The summed E-state index contributed by atoms with van der Waals surface area (Å²) in [6.45, 7) is 9.60. The number of hydrogen-bond donors (Lipinski definition) is 1. The smallest absolute Gasteiger partial charge is 0.194 e. The maximum Gasteiger partial charge on any atom is 0.194 e. The highest BCUT2D eigenvalue weighted by Gasteiger charge is 2.32. The van der Waals surface area contributed by atoms with E-state index >= 15 is 0 Å². The van der Waals surface area contributed by atoms with Crippen LogP contribution in [0.1, 0.15) is 32.5 Å². The Hall–Kier alpha value is -1.67. The Balaban J connectivity index is 1.66. The first-order valence-corrected chi connectivity index (χ1v) is 8.95. The Kier molecular flexibility index (Phi) is 6.03. The largest absolute Gasteiger partial charge is 0.375 e. The molecule has 2 atom stereocenters. The van der Waals surface area contributed by atoms with Crippen molar-refractivity contribution in [2.24, 2.45) is 4.99 Å². The molecule has 8 heteroatoms. The van der Waals surface area contributed by atoms with Gasteiger partial charge in [-0.25, -0.2) is 4.99 Å². The number of nitrogens with zero attached hydrogens (tertiary/aromatic N) is 5. The molecular weight excluding hydrogens is 308 g/mol. The third kappa shape index (κ3) is 4.05. The molecule has 1 N–H and O–H groups in total. The molecule has 2 saturated heterocycles. The van der Waals surface area contributed by atoms with Gasteiger partial charge >= 0.3 is 0 Å². The fourth-order valence-electron chi connectivity index (χ4n) is 3.23. The zero-order valence-electron chi connectivity index (χ0n) is 14.6. The van der Waals surface area contributed by atoms with E-state index in [9.17, 15) is 0 Å².